The van der Waals surface area contributed by atoms with Crippen molar-refractivity contribution in [2.75, 3.05) is 20.1 Å². The van der Waals surface area contributed by atoms with Crippen molar-refractivity contribution in [3.63, 3.8) is 0 Å². The van der Waals surface area contributed by atoms with Gasteiger partial charge >= 0.3 is 0 Å². The number of nitrogens with one attached hydrogen (secondary N) is 1. The molecular formula is C21H24N4O. The number of likely N-dealkylation sites (N-methyl/N-ethyl adjacent to an activating group) is 1. The molecule has 1 atom stereocenters. The third kappa shape index (κ3) is 4.11. The number of carbonyl (C=O) groups is 1. The largest absolute Gasteiger partial charge is 0.386 e. The van der Waals surface area contributed by atoms with Crippen LogP contribution in [0.4, 0.5) is 0 Å². The summed E-state index contributed by atoms with van der Waals surface area (Å²) in [5, 5.41) is 3.03. The van der Waals surface area contributed by atoms with Crippen LogP contribution in [0.2, 0.25) is 0 Å². The molecule has 5 heteroatoms. The topological polar surface area (TPSA) is 70.7 Å². The Kier molecular flexibility index (Phi) is 5.37. The lowest BCUT2D eigenvalue weighted by Gasteiger charge is -2.25. The SMILES string of the molecule is CC(CNC(=O)c1cccc(C2=CN=C(N)CN2C)c1)c1ccccc1. The molecule has 134 valence electrons. The zero-order chi connectivity index (χ0) is 18.5. The predicted octanol–water partition coefficient (Wildman–Crippen LogP) is 2.82. The molecule has 0 bridgehead atoms. The van der Waals surface area contributed by atoms with Gasteiger partial charge in [-0.25, -0.2) is 4.99 Å². The van der Waals surface area contributed by atoms with Crippen LogP contribution in [0.25, 0.3) is 5.70 Å². The zero-order valence-corrected chi connectivity index (χ0v) is 15.1. The number of nitrogens with zero attached hydrogens (tertiary/aromatic N) is 2. The van der Waals surface area contributed by atoms with Crippen molar-refractivity contribution in [2.45, 2.75) is 12.8 Å². The summed E-state index contributed by atoms with van der Waals surface area (Å²) < 4.78 is 0. The number of hydrogen-bond acceptors (Lipinski definition) is 4. The second kappa shape index (κ2) is 7.87. The fraction of sp³-hybridized carbons (Fsp3) is 0.238. The Morgan fingerprint density at radius 3 is 2.73 bits per heavy atom. The fourth-order valence-electron chi connectivity index (χ4n) is 2.97. The lowest BCUT2D eigenvalue weighted by atomic mass is 10.0. The highest BCUT2D eigenvalue weighted by molar-refractivity contribution is 5.95. The summed E-state index contributed by atoms with van der Waals surface area (Å²) in [5.74, 6) is 0.768. The van der Waals surface area contributed by atoms with Crippen LogP contribution < -0.4 is 11.1 Å². The minimum absolute atomic E-state index is 0.0725. The summed E-state index contributed by atoms with van der Waals surface area (Å²) in [6.45, 7) is 3.28. The van der Waals surface area contributed by atoms with E-state index < -0.39 is 0 Å². The number of amidine groups is 1. The molecular weight excluding hydrogens is 324 g/mol. The maximum absolute atomic E-state index is 12.6. The summed E-state index contributed by atoms with van der Waals surface area (Å²) in [6, 6.07) is 17.8. The van der Waals surface area contributed by atoms with Crippen LogP contribution in [0, 0.1) is 0 Å². The first kappa shape index (κ1) is 17.7. The van der Waals surface area contributed by atoms with E-state index >= 15 is 0 Å². The average molecular weight is 348 g/mol. The summed E-state index contributed by atoms with van der Waals surface area (Å²) in [7, 11) is 1.96. The average Bonchev–Trinajstić information content (AvgIpc) is 2.66. The number of aliphatic imine (C=N–C) groups is 1. The highest BCUT2D eigenvalue weighted by Gasteiger charge is 2.15. The van der Waals surface area contributed by atoms with Gasteiger partial charge in [-0.15, -0.1) is 0 Å². The lowest BCUT2D eigenvalue weighted by Crippen LogP contribution is -2.32. The van der Waals surface area contributed by atoms with Crippen LogP contribution in [0.15, 0.2) is 65.8 Å². The third-order valence-electron chi connectivity index (χ3n) is 4.52. The monoisotopic (exact) mass is 348 g/mol. The van der Waals surface area contributed by atoms with Gasteiger partial charge in [0.05, 0.1) is 18.4 Å². The van der Waals surface area contributed by atoms with Gasteiger partial charge in [0.25, 0.3) is 5.91 Å². The first-order valence-electron chi connectivity index (χ1n) is 8.71. The van der Waals surface area contributed by atoms with E-state index in [-0.39, 0.29) is 11.8 Å². The Morgan fingerprint density at radius 1 is 1.23 bits per heavy atom. The van der Waals surface area contributed by atoms with E-state index in [0.717, 1.165) is 11.3 Å². The molecule has 0 aromatic heterocycles. The molecule has 1 heterocycles. The van der Waals surface area contributed by atoms with Gasteiger partial charge in [0.15, 0.2) is 0 Å². The highest BCUT2D eigenvalue weighted by Crippen LogP contribution is 2.21. The first-order chi connectivity index (χ1) is 12.5. The smallest absolute Gasteiger partial charge is 0.251 e. The third-order valence-corrected chi connectivity index (χ3v) is 4.52. The van der Waals surface area contributed by atoms with Crippen LogP contribution in [0.1, 0.15) is 34.3 Å². The molecule has 2 aromatic rings. The van der Waals surface area contributed by atoms with E-state index in [2.05, 4.69) is 29.4 Å². The molecule has 26 heavy (non-hydrogen) atoms. The Hall–Kier alpha value is -3.08. The number of benzene rings is 2. The number of rotatable bonds is 5. The van der Waals surface area contributed by atoms with Crippen molar-refractivity contribution >= 4 is 17.4 Å². The second-order valence-electron chi connectivity index (χ2n) is 6.59. The molecule has 0 spiro atoms. The van der Waals surface area contributed by atoms with Crippen molar-refractivity contribution in [1.29, 1.82) is 0 Å². The summed E-state index contributed by atoms with van der Waals surface area (Å²) in [4.78, 5) is 18.8. The van der Waals surface area contributed by atoms with Crippen molar-refractivity contribution in [3.05, 3.63) is 77.5 Å². The van der Waals surface area contributed by atoms with Gasteiger partial charge in [0.1, 0.15) is 5.84 Å². The predicted molar refractivity (Wildman–Crippen MR) is 106 cm³/mol. The second-order valence-corrected chi connectivity index (χ2v) is 6.59. The molecule has 1 aliphatic heterocycles. The van der Waals surface area contributed by atoms with Crippen molar-refractivity contribution < 1.29 is 4.79 Å². The van der Waals surface area contributed by atoms with Crippen LogP contribution in [0.5, 0.6) is 0 Å². The number of amides is 1. The lowest BCUT2D eigenvalue weighted by molar-refractivity contribution is 0.0951. The Bertz CT molecular complexity index is 842. The number of nitrogens with two attached hydrogens (primary N) is 1. The highest BCUT2D eigenvalue weighted by atomic mass is 16.1. The Labute approximate surface area is 154 Å². The minimum Gasteiger partial charge on any atom is -0.386 e. The number of carbonyl (C=O) groups excluding carboxylic acids is 1. The molecule has 3 rings (SSSR count). The fourth-order valence-corrected chi connectivity index (χ4v) is 2.97. The molecule has 2 aromatic carbocycles. The molecule has 0 saturated heterocycles. The van der Waals surface area contributed by atoms with Crippen LogP contribution in [-0.4, -0.2) is 36.8 Å². The van der Waals surface area contributed by atoms with Gasteiger partial charge in [0, 0.05) is 24.7 Å². The molecule has 3 N–H and O–H groups in total. The molecule has 1 aliphatic rings. The van der Waals surface area contributed by atoms with E-state index in [4.69, 9.17) is 5.73 Å². The maximum atomic E-state index is 12.6. The van der Waals surface area contributed by atoms with Gasteiger partial charge in [0.2, 0.25) is 0 Å². The first-order valence-corrected chi connectivity index (χ1v) is 8.71. The van der Waals surface area contributed by atoms with E-state index in [0.29, 0.717) is 24.5 Å². The van der Waals surface area contributed by atoms with Crippen LogP contribution >= 0.6 is 0 Å². The standard InChI is InChI=1S/C21H24N4O/c1-15(16-7-4-3-5-8-16)12-24-21(26)18-10-6-9-17(11-18)19-13-23-20(22)14-25(19)2/h3-11,13,15H,12,14H2,1-2H3,(H2,22,23)(H,24,26). The molecule has 0 aliphatic carbocycles. The molecule has 1 amide bonds. The molecule has 0 radical (unpaired) electrons. The number of hydrogen-bond donors (Lipinski definition) is 2. The van der Waals surface area contributed by atoms with Gasteiger partial charge in [-0.3, -0.25) is 4.79 Å². The van der Waals surface area contributed by atoms with Gasteiger partial charge < -0.3 is 16.0 Å². The zero-order valence-electron chi connectivity index (χ0n) is 15.1. The minimum atomic E-state index is -0.0725. The Balaban J connectivity index is 1.69. The summed E-state index contributed by atoms with van der Waals surface area (Å²) in [5.41, 5.74) is 9.51. The van der Waals surface area contributed by atoms with E-state index in [1.165, 1.54) is 5.56 Å². The van der Waals surface area contributed by atoms with E-state index in [1.807, 2.05) is 54.4 Å². The van der Waals surface area contributed by atoms with Crippen molar-refractivity contribution in [2.24, 2.45) is 10.7 Å². The van der Waals surface area contributed by atoms with Gasteiger partial charge in [-0.05, 0) is 23.6 Å². The van der Waals surface area contributed by atoms with Crippen LogP contribution in [-0.2, 0) is 0 Å². The quantitative estimate of drug-likeness (QED) is 0.873. The summed E-state index contributed by atoms with van der Waals surface area (Å²) >= 11 is 0. The molecule has 5 nitrogen and oxygen atoms in total. The van der Waals surface area contributed by atoms with Crippen LogP contribution in [0.3, 0.4) is 0 Å². The van der Waals surface area contributed by atoms with Gasteiger partial charge in [-0.1, -0.05) is 49.4 Å². The normalized spacial score (nSPS) is 15.1. The van der Waals surface area contributed by atoms with Crippen molar-refractivity contribution in [1.82, 2.24) is 10.2 Å². The molecule has 1 unspecified atom stereocenters. The van der Waals surface area contributed by atoms with Gasteiger partial charge in [-0.2, -0.15) is 0 Å². The maximum Gasteiger partial charge on any atom is 0.251 e. The van der Waals surface area contributed by atoms with E-state index in [9.17, 15) is 4.79 Å². The van der Waals surface area contributed by atoms with E-state index in [1.54, 1.807) is 6.20 Å². The summed E-state index contributed by atoms with van der Waals surface area (Å²) in [6.07, 6.45) is 1.74. The molecule has 0 fully saturated rings. The van der Waals surface area contributed by atoms with Crippen molar-refractivity contribution in [3.8, 4) is 0 Å². The molecule has 0 saturated carbocycles. The Morgan fingerprint density at radius 2 is 2.00 bits per heavy atom.